The zero-order valence-electron chi connectivity index (χ0n) is 27.1. The molecular weight excluding hydrogens is 679 g/mol. The summed E-state index contributed by atoms with van der Waals surface area (Å²) in [6.45, 7) is 9.72. The van der Waals surface area contributed by atoms with E-state index in [4.69, 9.17) is 0 Å². The summed E-state index contributed by atoms with van der Waals surface area (Å²) in [5.74, 6) is 0. The summed E-state index contributed by atoms with van der Waals surface area (Å²) in [4.78, 5) is 0. The Hall–Kier alpha value is -2.83. The Labute approximate surface area is 295 Å². The average molecular weight is 719 g/mol. The van der Waals surface area contributed by atoms with Crippen LogP contribution < -0.4 is 24.8 Å². The third kappa shape index (κ3) is 5.68. The van der Waals surface area contributed by atoms with Gasteiger partial charge in [0.2, 0.25) is 0 Å². The van der Waals surface area contributed by atoms with E-state index in [1.807, 2.05) is 0 Å². The number of rotatable bonds is 6. The second-order valence-electron chi connectivity index (χ2n) is 14.2. The summed E-state index contributed by atoms with van der Waals surface area (Å²) in [6, 6.07) is 32.5. The minimum absolute atomic E-state index is 0. The van der Waals surface area contributed by atoms with Crippen LogP contribution in [0.2, 0.25) is 0 Å². The van der Waals surface area contributed by atoms with Crippen molar-refractivity contribution in [2.75, 3.05) is 0 Å². The molecule has 0 fully saturated rings. The molecule has 4 aliphatic carbocycles. The van der Waals surface area contributed by atoms with Crippen molar-refractivity contribution < 1.29 is 46.1 Å². The van der Waals surface area contributed by atoms with Crippen LogP contribution in [-0.2, 0) is 51.4 Å². The van der Waals surface area contributed by atoms with Gasteiger partial charge in [0.25, 0.3) is 0 Å². The Morgan fingerprint density at radius 3 is 1.89 bits per heavy atom. The molecule has 0 aromatic heterocycles. The van der Waals surface area contributed by atoms with Gasteiger partial charge in [0.05, 0.1) is 0 Å². The first-order valence-corrected chi connectivity index (χ1v) is 19.9. The number of allylic oxidation sites excluding steroid dienone is 6. The molecule has 0 atom stereocenters. The molecule has 46 heavy (non-hydrogen) atoms. The van der Waals surface area contributed by atoms with Gasteiger partial charge in [0, 0.05) is 0 Å². The molecule has 4 aromatic carbocycles. The van der Waals surface area contributed by atoms with Gasteiger partial charge in [-0.25, -0.2) is 0 Å². The van der Waals surface area contributed by atoms with Crippen molar-refractivity contribution in [2.24, 2.45) is 0 Å². The van der Waals surface area contributed by atoms with E-state index in [1.54, 1.807) is 9.77 Å². The van der Waals surface area contributed by atoms with Gasteiger partial charge in [0.1, 0.15) is 0 Å². The zero-order chi connectivity index (χ0) is 30.1. The third-order valence-corrected chi connectivity index (χ3v) is 18.8. The normalized spacial score (nSPS) is 16.6. The Morgan fingerprint density at radius 2 is 1.30 bits per heavy atom. The van der Waals surface area contributed by atoms with Crippen LogP contribution in [0.5, 0.6) is 0 Å². The molecule has 0 N–H and O–H groups in total. The predicted octanol–water partition coefficient (Wildman–Crippen LogP) is 4.32. The molecule has 0 spiro atoms. The summed E-state index contributed by atoms with van der Waals surface area (Å²) >= 11 is -2.47. The zero-order valence-corrected chi connectivity index (χ0v) is 31.1. The first-order chi connectivity index (χ1) is 21.3. The van der Waals surface area contributed by atoms with Crippen LogP contribution in [0, 0.1) is 0 Å². The van der Waals surface area contributed by atoms with Crippen molar-refractivity contribution >= 4 is 15.4 Å². The average Bonchev–Trinajstić information content (AvgIpc) is 3.78. The Morgan fingerprint density at radius 1 is 0.717 bits per heavy atom. The van der Waals surface area contributed by atoms with Crippen LogP contribution in [0.25, 0.3) is 23.3 Å². The molecule has 0 nitrogen and oxygen atoms in total. The Balaban J connectivity index is 0.00000186. The molecule has 0 heterocycles. The van der Waals surface area contributed by atoms with E-state index in [0.29, 0.717) is 0 Å². The van der Waals surface area contributed by atoms with E-state index in [-0.39, 0.29) is 35.6 Å². The summed E-state index contributed by atoms with van der Waals surface area (Å²) in [6.07, 6.45) is 18.9. The number of benzene rings is 4. The maximum absolute atomic E-state index is 2.66. The van der Waals surface area contributed by atoms with Crippen molar-refractivity contribution in [3.8, 4) is 11.1 Å². The SMILES string of the molecule is CC1(C)C=Cc2cc3c(cc21)Cc1cc2c(cc1-3)C=[C]([Zr+2]([C]1=CC=CC1)=[C](Cc1ccccc1)Cc1ccccc1)C2(C)C.[Cl-].[Cl-]. The van der Waals surface area contributed by atoms with Gasteiger partial charge in [0.15, 0.2) is 0 Å². The van der Waals surface area contributed by atoms with Crippen LogP contribution >= 0.6 is 0 Å². The van der Waals surface area contributed by atoms with E-state index < -0.39 is 21.3 Å². The van der Waals surface area contributed by atoms with E-state index >= 15 is 0 Å². The monoisotopic (exact) mass is 716 g/mol. The molecule has 8 rings (SSSR count). The molecule has 0 amide bonds. The van der Waals surface area contributed by atoms with Gasteiger partial charge in [-0.15, -0.1) is 0 Å². The van der Waals surface area contributed by atoms with E-state index in [9.17, 15) is 0 Å². The first kappa shape index (κ1) is 33.1. The maximum Gasteiger partial charge on any atom is -1.00 e. The summed E-state index contributed by atoms with van der Waals surface area (Å²) < 4.78 is 5.26. The van der Waals surface area contributed by atoms with Crippen molar-refractivity contribution in [3.05, 3.63) is 160 Å². The molecule has 0 aliphatic heterocycles. The van der Waals surface area contributed by atoms with E-state index in [1.165, 1.54) is 55.6 Å². The summed E-state index contributed by atoms with van der Waals surface area (Å²) in [5.41, 5.74) is 14.8. The number of hydrogen-bond acceptors (Lipinski definition) is 0. The van der Waals surface area contributed by atoms with Crippen molar-refractivity contribution in [1.82, 2.24) is 0 Å². The van der Waals surface area contributed by atoms with Crippen molar-refractivity contribution in [3.63, 3.8) is 0 Å². The largest absolute Gasteiger partial charge is 1.00 e. The molecular formula is C43H40Cl2Zr. The van der Waals surface area contributed by atoms with Gasteiger partial charge in [-0.2, -0.15) is 0 Å². The molecule has 230 valence electrons. The van der Waals surface area contributed by atoms with Crippen LogP contribution in [-0.4, -0.2) is 3.21 Å². The molecule has 4 aromatic rings. The smallest absolute Gasteiger partial charge is 1.00 e. The topological polar surface area (TPSA) is 0 Å². The first-order valence-electron chi connectivity index (χ1n) is 16.2. The van der Waals surface area contributed by atoms with Gasteiger partial charge in [-0.1, -0.05) is 0 Å². The fourth-order valence-electron chi connectivity index (χ4n) is 8.08. The van der Waals surface area contributed by atoms with Crippen LogP contribution in [0.1, 0.15) is 78.6 Å². The molecule has 3 heteroatoms. The molecule has 0 saturated carbocycles. The molecule has 0 bridgehead atoms. The molecule has 0 unspecified atom stereocenters. The standard InChI is InChI=1S/C23H21.C15H14.C5H5.2ClH.Zr/c1-22(2)7-5-14-10-18-16(12-20(14)22)9-17-13-21-15(11-19(17)18)6-8-23(21,3)4;1-3-8-14(9-4-1)12-7-13-15-10-5-2-6-11-15;1-2-4-5-3-1;;;/h5-7,10-13H,9H2,1-4H3;1-6,8-11H,12-13H2;1-3H,4H2;2*1H;/q;;;;;+2/p-2. The maximum atomic E-state index is 2.66. The second kappa shape index (κ2) is 12.7. The van der Waals surface area contributed by atoms with Gasteiger partial charge in [-0.3, -0.25) is 0 Å². The van der Waals surface area contributed by atoms with E-state index in [0.717, 1.165) is 25.7 Å². The van der Waals surface area contributed by atoms with Crippen molar-refractivity contribution in [1.29, 1.82) is 0 Å². The second-order valence-corrected chi connectivity index (χ2v) is 20.7. The Kier molecular flexibility index (Phi) is 9.10. The molecule has 0 saturated heterocycles. The van der Waals surface area contributed by atoms with Gasteiger partial charge in [-0.05, 0) is 0 Å². The number of fused-ring (bicyclic) bond motifs is 5. The fourth-order valence-corrected chi connectivity index (χ4v) is 16.9. The van der Waals surface area contributed by atoms with Gasteiger partial charge < -0.3 is 24.8 Å². The summed E-state index contributed by atoms with van der Waals surface area (Å²) in [5, 5.41) is 0. The number of halogens is 2. The van der Waals surface area contributed by atoms with Crippen LogP contribution in [0.3, 0.4) is 0 Å². The minimum atomic E-state index is -2.47. The predicted molar refractivity (Wildman–Crippen MR) is 185 cm³/mol. The van der Waals surface area contributed by atoms with Crippen LogP contribution in [0.15, 0.2) is 116 Å². The molecule has 0 radical (unpaired) electrons. The number of hydrogen-bond donors (Lipinski definition) is 0. The Bertz CT molecular complexity index is 1940. The fraction of sp³-hybridized carbons (Fsp3) is 0.233. The van der Waals surface area contributed by atoms with Gasteiger partial charge >= 0.3 is 272 Å². The third-order valence-electron chi connectivity index (χ3n) is 10.5. The molecule has 4 aliphatic rings. The minimum Gasteiger partial charge on any atom is -1.00 e. The quantitative estimate of drug-likeness (QED) is 0.246. The van der Waals surface area contributed by atoms with E-state index in [2.05, 4.69) is 149 Å². The van der Waals surface area contributed by atoms with Crippen LogP contribution in [0.4, 0.5) is 0 Å². The van der Waals surface area contributed by atoms with Crippen molar-refractivity contribution in [2.45, 2.75) is 64.2 Å². The summed E-state index contributed by atoms with van der Waals surface area (Å²) in [7, 11) is 0.